The molecule has 1 aromatic carbocycles. The van der Waals surface area contributed by atoms with Gasteiger partial charge in [-0.2, -0.15) is 0 Å². The molecule has 1 N–H and O–H groups in total. The first-order valence-electron chi connectivity index (χ1n) is 8.97. The number of fused-ring (bicyclic) bond motifs is 1. The van der Waals surface area contributed by atoms with E-state index in [0.717, 1.165) is 24.1 Å². The Morgan fingerprint density at radius 2 is 2.00 bits per heavy atom. The van der Waals surface area contributed by atoms with Crippen LogP contribution in [0, 0.1) is 0 Å². The number of rotatable bonds is 2. The van der Waals surface area contributed by atoms with Crippen LogP contribution >= 0.6 is 0 Å². The Labute approximate surface area is 151 Å². The minimum absolute atomic E-state index is 0.0906. The molecule has 4 rings (SSSR count). The molecule has 136 valence electrons. The van der Waals surface area contributed by atoms with Crippen molar-refractivity contribution in [3.8, 4) is 0 Å². The third kappa shape index (κ3) is 2.77. The second kappa shape index (κ2) is 6.23. The molecule has 0 spiro atoms. The van der Waals surface area contributed by atoms with Crippen LogP contribution in [0.2, 0.25) is 0 Å². The van der Waals surface area contributed by atoms with Gasteiger partial charge in [0.05, 0.1) is 0 Å². The highest BCUT2D eigenvalue weighted by atomic mass is 16.2. The van der Waals surface area contributed by atoms with Gasteiger partial charge in [0, 0.05) is 44.5 Å². The van der Waals surface area contributed by atoms with Crippen molar-refractivity contribution in [1.29, 1.82) is 0 Å². The first-order valence-corrected chi connectivity index (χ1v) is 8.97. The first kappa shape index (κ1) is 16.8. The SMILES string of the molecule is CC(=O)N1CCC(c2ccc3c(c2)CN(C2CCC(=O)NC2=O)C3=O)C1. The average molecular weight is 355 g/mol. The zero-order valence-corrected chi connectivity index (χ0v) is 14.7. The molecular formula is C19H21N3O4. The molecule has 26 heavy (non-hydrogen) atoms. The quantitative estimate of drug-likeness (QED) is 0.795. The Bertz CT molecular complexity index is 819. The molecule has 2 unspecified atom stereocenters. The Kier molecular flexibility index (Phi) is 4.01. The standard InChI is InChI=1S/C19H21N3O4/c1-11(23)21-7-6-13(9-21)12-2-3-15-14(8-12)10-22(19(15)26)16-4-5-17(24)20-18(16)25/h2-3,8,13,16H,4-7,9-10H2,1H3,(H,20,24,25). The lowest BCUT2D eigenvalue weighted by Gasteiger charge is -2.29. The highest BCUT2D eigenvalue weighted by molar-refractivity contribution is 6.05. The summed E-state index contributed by atoms with van der Waals surface area (Å²) < 4.78 is 0. The fourth-order valence-electron chi connectivity index (χ4n) is 4.17. The van der Waals surface area contributed by atoms with Gasteiger partial charge in [-0.1, -0.05) is 12.1 Å². The van der Waals surface area contributed by atoms with Gasteiger partial charge in [0.2, 0.25) is 17.7 Å². The van der Waals surface area contributed by atoms with Crippen LogP contribution in [-0.2, 0) is 20.9 Å². The van der Waals surface area contributed by atoms with Crippen LogP contribution in [-0.4, -0.2) is 52.6 Å². The summed E-state index contributed by atoms with van der Waals surface area (Å²) in [5.41, 5.74) is 2.67. The topological polar surface area (TPSA) is 86.8 Å². The van der Waals surface area contributed by atoms with Crippen LogP contribution in [0.15, 0.2) is 18.2 Å². The summed E-state index contributed by atoms with van der Waals surface area (Å²) in [4.78, 5) is 51.1. The smallest absolute Gasteiger partial charge is 0.255 e. The molecule has 3 aliphatic heterocycles. The number of imide groups is 1. The van der Waals surface area contributed by atoms with E-state index in [1.165, 1.54) is 0 Å². The largest absolute Gasteiger partial charge is 0.342 e. The fourth-order valence-corrected chi connectivity index (χ4v) is 4.17. The Balaban J connectivity index is 1.53. The van der Waals surface area contributed by atoms with Gasteiger partial charge in [0.25, 0.3) is 5.91 Å². The van der Waals surface area contributed by atoms with Gasteiger partial charge in [-0.15, -0.1) is 0 Å². The summed E-state index contributed by atoms with van der Waals surface area (Å²) in [6.45, 7) is 3.44. The maximum absolute atomic E-state index is 12.7. The highest BCUT2D eigenvalue weighted by Crippen LogP contribution is 2.33. The molecule has 0 saturated carbocycles. The zero-order chi connectivity index (χ0) is 18.4. The third-order valence-electron chi connectivity index (χ3n) is 5.65. The molecule has 0 aliphatic carbocycles. The van der Waals surface area contributed by atoms with Gasteiger partial charge in [0.1, 0.15) is 6.04 Å². The second-order valence-electron chi connectivity index (χ2n) is 7.27. The summed E-state index contributed by atoms with van der Waals surface area (Å²) >= 11 is 0. The highest BCUT2D eigenvalue weighted by Gasteiger charge is 2.39. The maximum Gasteiger partial charge on any atom is 0.255 e. The van der Waals surface area contributed by atoms with Crippen LogP contribution in [0.1, 0.15) is 53.6 Å². The summed E-state index contributed by atoms with van der Waals surface area (Å²) in [7, 11) is 0. The summed E-state index contributed by atoms with van der Waals surface area (Å²) in [6.07, 6.45) is 1.54. The minimum Gasteiger partial charge on any atom is -0.342 e. The monoisotopic (exact) mass is 355 g/mol. The van der Waals surface area contributed by atoms with E-state index < -0.39 is 11.9 Å². The van der Waals surface area contributed by atoms with Crippen molar-refractivity contribution in [2.24, 2.45) is 0 Å². The zero-order valence-electron chi connectivity index (χ0n) is 14.7. The summed E-state index contributed by atoms with van der Waals surface area (Å²) in [6, 6.07) is 5.23. The average Bonchev–Trinajstić information content (AvgIpc) is 3.20. The van der Waals surface area contributed by atoms with E-state index in [1.807, 2.05) is 23.1 Å². The number of nitrogens with one attached hydrogen (secondary N) is 1. The molecule has 3 heterocycles. The molecule has 3 aliphatic rings. The number of hydrogen-bond acceptors (Lipinski definition) is 4. The molecule has 7 nitrogen and oxygen atoms in total. The normalized spacial score (nSPS) is 25.5. The molecule has 2 fully saturated rings. The van der Waals surface area contributed by atoms with Gasteiger partial charge in [-0.3, -0.25) is 24.5 Å². The number of carbonyl (C=O) groups is 4. The van der Waals surface area contributed by atoms with Crippen molar-refractivity contribution in [3.05, 3.63) is 34.9 Å². The van der Waals surface area contributed by atoms with Gasteiger partial charge in [0.15, 0.2) is 0 Å². The number of piperidine rings is 1. The lowest BCUT2D eigenvalue weighted by molar-refractivity contribution is -0.137. The van der Waals surface area contributed by atoms with Crippen LogP contribution in [0.3, 0.4) is 0 Å². The lowest BCUT2D eigenvalue weighted by Crippen LogP contribution is -2.52. The predicted molar refractivity (Wildman–Crippen MR) is 92.1 cm³/mol. The van der Waals surface area contributed by atoms with Crippen LogP contribution in [0.5, 0.6) is 0 Å². The third-order valence-corrected chi connectivity index (χ3v) is 5.65. The number of hydrogen-bond donors (Lipinski definition) is 1. The van der Waals surface area contributed by atoms with Crippen LogP contribution in [0.25, 0.3) is 0 Å². The van der Waals surface area contributed by atoms with Crippen molar-refractivity contribution in [2.45, 2.75) is 44.7 Å². The van der Waals surface area contributed by atoms with E-state index in [2.05, 4.69) is 5.32 Å². The molecule has 0 aromatic heterocycles. The summed E-state index contributed by atoms with van der Waals surface area (Å²) in [5.74, 6) is -0.459. The second-order valence-corrected chi connectivity index (χ2v) is 7.27. The van der Waals surface area contributed by atoms with Crippen molar-refractivity contribution >= 4 is 23.6 Å². The minimum atomic E-state index is -0.587. The maximum atomic E-state index is 12.7. The van der Waals surface area contributed by atoms with Crippen LogP contribution < -0.4 is 5.32 Å². The van der Waals surface area contributed by atoms with E-state index in [9.17, 15) is 19.2 Å². The number of nitrogens with zero attached hydrogens (tertiary/aromatic N) is 2. The number of carbonyl (C=O) groups excluding carboxylic acids is 4. The molecule has 1 aromatic rings. The fraction of sp³-hybridized carbons (Fsp3) is 0.474. The molecule has 2 saturated heterocycles. The molecule has 0 radical (unpaired) electrons. The molecule has 0 bridgehead atoms. The Hall–Kier alpha value is -2.70. The molecule has 4 amide bonds. The lowest BCUT2D eigenvalue weighted by atomic mass is 9.95. The van der Waals surface area contributed by atoms with E-state index in [-0.39, 0.29) is 30.1 Å². The van der Waals surface area contributed by atoms with Crippen molar-refractivity contribution < 1.29 is 19.2 Å². The molecule has 7 heteroatoms. The summed E-state index contributed by atoms with van der Waals surface area (Å²) in [5, 5.41) is 2.32. The number of amides is 4. The Morgan fingerprint density at radius 3 is 2.69 bits per heavy atom. The number of benzene rings is 1. The van der Waals surface area contributed by atoms with Gasteiger partial charge < -0.3 is 9.80 Å². The van der Waals surface area contributed by atoms with E-state index in [4.69, 9.17) is 0 Å². The van der Waals surface area contributed by atoms with Gasteiger partial charge >= 0.3 is 0 Å². The van der Waals surface area contributed by atoms with Crippen LogP contribution in [0.4, 0.5) is 0 Å². The van der Waals surface area contributed by atoms with E-state index in [0.29, 0.717) is 25.1 Å². The van der Waals surface area contributed by atoms with E-state index >= 15 is 0 Å². The number of likely N-dealkylation sites (tertiary alicyclic amines) is 1. The van der Waals surface area contributed by atoms with Gasteiger partial charge in [-0.05, 0) is 30.0 Å². The molecular weight excluding hydrogens is 334 g/mol. The van der Waals surface area contributed by atoms with Gasteiger partial charge in [-0.25, -0.2) is 0 Å². The Morgan fingerprint density at radius 1 is 1.19 bits per heavy atom. The first-order chi connectivity index (χ1) is 12.4. The van der Waals surface area contributed by atoms with Crippen molar-refractivity contribution in [3.63, 3.8) is 0 Å². The van der Waals surface area contributed by atoms with E-state index in [1.54, 1.807) is 11.8 Å². The van der Waals surface area contributed by atoms with Crippen molar-refractivity contribution in [2.75, 3.05) is 13.1 Å². The molecule has 2 atom stereocenters. The predicted octanol–water partition coefficient (Wildman–Crippen LogP) is 0.783. The van der Waals surface area contributed by atoms with Crippen molar-refractivity contribution in [1.82, 2.24) is 15.1 Å².